The van der Waals surface area contributed by atoms with Crippen molar-refractivity contribution in [1.82, 2.24) is 14.3 Å². The van der Waals surface area contributed by atoms with Gasteiger partial charge in [0.25, 0.3) is 5.91 Å². The van der Waals surface area contributed by atoms with Crippen molar-refractivity contribution in [2.45, 2.75) is 18.9 Å². The molecule has 0 saturated carbocycles. The fourth-order valence-corrected chi connectivity index (χ4v) is 2.88. The number of imidazole rings is 1. The van der Waals surface area contributed by atoms with E-state index in [2.05, 4.69) is 4.98 Å². The highest BCUT2D eigenvalue weighted by Gasteiger charge is 2.53. The van der Waals surface area contributed by atoms with Gasteiger partial charge in [0.15, 0.2) is 0 Å². The second kappa shape index (κ2) is 3.57. The number of aryl methyl sites for hydroxylation is 1. The fraction of sp³-hybridized carbons (Fsp3) is 0.429. The molecule has 2 aromatic rings. The second-order valence-electron chi connectivity index (χ2n) is 5.50. The number of likely N-dealkylation sites (tertiary alicyclic amines) is 1. The molecule has 5 nitrogen and oxygen atoms in total. The predicted octanol–water partition coefficient (Wildman–Crippen LogP) is 1.26. The molecule has 19 heavy (non-hydrogen) atoms. The molecule has 98 valence electrons. The molecule has 2 aliphatic rings. The van der Waals surface area contributed by atoms with Crippen LogP contribution in [0.25, 0.3) is 5.65 Å². The highest BCUT2D eigenvalue weighted by Crippen LogP contribution is 2.38. The van der Waals surface area contributed by atoms with E-state index in [1.165, 1.54) is 0 Å². The number of hydrogen-bond acceptors (Lipinski definition) is 3. The Labute approximate surface area is 110 Å². The van der Waals surface area contributed by atoms with E-state index in [4.69, 9.17) is 4.74 Å². The Hall–Kier alpha value is -1.88. The molecular weight excluding hydrogens is 242 g/mol. The van der Waals surface area contributed by atoms with Gasteiger partial charge in [-0.2, -0.15) is 0 Å². The highest BCUT2D eigenvalue weighted by atomic mass is 16.5. The van der Waals surface area contributed by atoms with Gasteiger partial charge in [-0.25, -0.2) is 4.98 Å². The molecule has 2 saturated heterocycles. The first-order valence-electron chi connectivity index (χ1n) is 6.53. The molecule has 0 aliphatic carbocycles. The first-order chi connectivity index (χ1) is 9.20. The van der Waals surface area contributed by atoms with E-state index in [-0.39, 0.29) is 11.4 Å². The molecule has 2 fully saturated rings. The second-order valence-corrected chi connectivity index (χ2v) is 5.50. The van der Waals surface area contributed by atoms with Crippen molar-refractivity contribution in [3.05, 3.63) is 35.8 Å². The largest absolute Gasteiger partial charge is 0.376 e. The van der Waals surface area contributed by atoms with Gasteiger partial charge in [-0.05, 0) is 25.0 Å². The molecular formula is C14H15N3O2. The highest BCUT2D eigenvalue weighted by molar-refractivity contribution is 5.94. The Morgan fingerprint density at radius 2 is 2.26 bits per heavy atom. The maximum atomic E-state index is 12.6. The number of amides is 1. The van der Waals surface area contributed by atoms with E-state index >= 15 is 0 Å². The lowest BCUT2D eigenvalue weighted by Crippen LogP contribution is -2.72. The lowest BCUT2D eigenvalue weighted by atomic mass is 9.82. The average molecular weight is 257 g/mol. The Morgan fingerprint density at radius 3 is 2.89 bits per heavy atom. The number of aromatic nitrogens is 2. The van der Waals surface area contributed by atoms with Crippen LogP contribution in [0.4, 0.5) is 0 Å². The van der Waals surface area contributed by atoms with Crippen molar-refractivity contribution in [2.75, 3.05) is 19.8 Å². The standard InChI is InChI=1S/C14H15N3O2/c1-10-2-3-12-15-6-11(16(12)7-10)13(18)17-5-4-14(17)8-19-9-14/h2-3,6-7H,4-5,8-9H2,1H3. The first kappa shape index (κ1) is 11.0. The van der Waals surface area contributed by atoms with Gasteiger partial charge in [-0.1, -0.05) is 6.07 Å². The zero-order valence-electron chi connectivity index (χ0n) is 10.8. The number of rotatable bonds is 1. The Bertz CT molecular complexity index is 667. The zero-order valence-corrected chi connectivity index (χ0v) is 10.8. The molecule has 0 N–H and O–H groups in total. The Morgan fingerprint density at radius 1 is 1.42 bits per heavy atom. The summed E-state index contributed by atoms with van der Waals surface area (Å²) < 4.78 is 7.15. The van der Waals surface area contributed by atoms with Crippen LogP contribution in [0.1, 0.15) is 22.5 Å². The van der Waals surface area contributed by atoms with Crippen LogP contribution in [-0.4, -0.2) is 45.5 Å². The van der Waals surface area contributed by atoms with Gasteiger partial charge in [0.2, 0.25) is 0 Å². The lowest BCUT2D eigenvalue weighted by molar-refractivity contribution is -0.172. The fourth-order valence-electron chi connectivity index (χ4n) is 2.88. The topological polar surface area (TPSA) is 46.8 Å². The molecule has 2 aromatic heterocycles. The van der Waals surface area contributed by atoms with E-state index in [0.29, 0.717) is 18.9 Å². The maximum Gasteiger partial charge on any atom is 0.273 e. The van der Waals surface area contributed by atoms with Crippen molar-refractivity contribution in [3.8, 4) is 0 Å². The Kier molecular flexibility index (Phi) is 2.07. The SMILES string of the molecule is Cc1ccc2ncc(C(=O)N3CCC34COC4)n2c1. The summed E-state index contributed by atoms with van der Waals surface area (Å²) in [7, 11) is 0. The number of hydrogen-bond donors (Lipinski definition) is 0. The van der Waals surface area contributed by atoms with Crippen molar-refractivity contribution in [1.29, 1.82) is 0 Å². The number of carbonyl (C=O) groups excluding carboxylic acids is 1. The molecule has 1 spiro atoms. The van der Waals surface area contributed by atoms with E-state index in [1.54, 1.807) is 6.20 Å². The predicted molar refractivity (Wildman–Crippen MR) is 69.1 cm³/mol. The number of pyridine rings is 1. The summed E-state index contributed by atoms with van der Waals surface area (Å²) in [4.78, 5) is 18.9. The number of carbonyl (C=O) groups is 1. The third-order valence-electron chi connectivity index (χ3n) is 4.23. The van der Waals surface area contributed by atoms with Crippen LogP contribution in [0.15, 0.2) is 24.5 Å². The van der Waals surface area contributed by atoms with Crippen molar-refractivity contribution >= 4 is 11.6 Å². The van der Waals surface area contributed by atoms with Gasteiger partial charge in [0.05, 0.1) is 24.9 Å². The lowest BCUT2D eigenvalue weighted by Gasteiger charge is -2.57. The van der Waals surface area contributed by atoms with E-state index in [9.17, 15) is 4.79 Å². The van der Waals surface area contributed by atoms with Gasteiger partial charge in [-0.3, -0.25) is 9.20 Å². The molecule has 0 radical (unpaired) electrons. The van der Waals surface area contributed by atoms with Crippen LogP contribution in [-0.2, 0) is 4.74 Å². The summed E-state index contributed by atoms with van der Waals surface area (Å²) in [6.45, 7) is 4.18. The molecule has 0 aromatic carbocycles. The smallest absolute Gasteiger partial charge is 0.273 e. The minimum Gasteiger partial charge on any atom is -0.376 e. The number of ether oxygens (including phenoxy) is 1. The third kappa shape index (κ3) is 1.39. The van der Waals surface area contributed by atoms with Crippen molar-refractivity contribution < 1.29 is 9.53 Å². The van der Waals surface area contributed by atoms with Crippen LogP contribution in [0.2, 0.25) is 0 Å². The minimum absolute atomic E-state index is 0.0228. The average Bonchev–Trinajstić information content (AvgIpc) is 2.68. The first-order valence-corrected chi connectivity index (χ1v) is 6.53. The summed E-state index contributed by atoms with van der Waals surface area (Å²) in [5.74, 6) is 0.0626. The molecule has 4 heterocycles. The van der Waals surface area contributed by atoms with Gasteiger partial charge in [0.1, 0.15) is 11.3 Å². The number of nitrogens with zero attached hydrogens (tertiary/aromatic N) is 3. The molecule has 4 rings (SSSR count). The Balaban J connectivity index is 1.74. The van der Waals surface area contributed by atoms with Crippen molar-refractivity contribution in [3.63, 3.8) is 0 Å². The third-order valence-corrected chi connectivity index (χ3v) is 4.23. The molecule has 0 atom stereocenters. The summed E-state index contributed by atoms with van der Waals surface area (Å²) >= 11 is 0. The minimum atomic E-state index is -0.0228. The molecule has 2 aliphatic heterocycles. The monoisotopic (exact) mass is 257 g/mol. The van der Waals surface area contributed by atoms with Gasteiger partial charge >= 0.3 is 0 Å². The number of fused-ring (bicyclic) bond motifs is 1. The summed E-state index contributed by atoms with van der Waals surface area (Å²) in [6, 6.07) is 3.94. The van der Waals surface area contributed by atoms with Crippen LogP contribution < -0.4 is 0 Å². The van der Waals surface area contributed by atoms with Gasteiger partial charge in [-0.15, -0.1) is 0 Å². The summed E-state index contributed by atoms with van der Waals surface area (Å²) in [5, 5.41) is 0. The summed E-state index contributed by atoms with van der Waals surface area (Å²) in [5.41, 5.74) is 2.55. The van der Waals surface area contributed by atoms with Crippen LogP contribution >= 0.6 is 0 Å². The van der Waals surface area contributed by atoms with Gasteiger partial charge in [0, 0.05) is 12.7 Å². The quantitative estimate of drug-likeness (QED) is 0.772. The van der Waals surface area contributed by atoms with E-state index in [1.807, 2.05) is 34.6 Å². The maximum absolute atomic E-state index is 12.6. The zero-order chi connectivity index (χ0) is 13.0. The van der Waals surface area contributed by atoms with Gasteiger partial charge < -0.3 is 9.64 Å². The van der Waals surface area contributed by atoms with Crippen LogP contribution in [0, 0.1) is 6.92 Å². The van der Waals surface area contributed by atoms with E-state index < -0.39 is 0 Å². The molecule has 5 heteroatoms. The normalized spacial score (nSPS) is 20.4. The molecule has 0 bridgehead atoms. The van der Waals surface area contributed by atoms with Crippen LogP contribution in [0.3, 0.4) is 0 Å². The van der Waals surface area contributed by atoms with Crippen molar-refractivity contribution in [2.24, 2.45) is 0 Å². The van der Waals surface area contributed by atoms with Crippen LogP contribution in [0.5, 0.6) is 0 Å². The molecule has 1 amide bonds. The summed E-state index contributed by atoms with van der Waals surface area (Å²) in [6.07, 6.45) is 4.68. The molecule has 0 unspecified atom stereocenters. The van der Waals surface area contributed by atoms with E-state index in [0.717, 1.165) is 24.2 Å².